The van der Waals surface area contributed by atoms with Gasteiger partial charge >= 0.3 is 0 Å². The molecule has 27 heavy (non-hydrogen) atoms. The van der Waals surface area contributed by atoms with Crippen LogP contribution in [0.5, 0.6) is 0 Å². The number of rotatable bonds is 12. The maximum absolute atomic E-state index is 12.5. The highest BCUT2D eigenvalue weighted by Gasteiger charge is 2.04. The van der Waals surface area contributed by atoms with Crippen molar-refractivity contribution in [3.8, 4) is 0 Å². The van der Waals surface area contributed by atoms with Crippen molar-refractivity contribution in [2.45, 2.75) is 13.3 Å². The highest BCUT2D eigenvalue weighted by atomic mass is 35.5. The number of halogens is 2. The minimum Gasteiger partial charge on any atom is -0.473 e. The minimum atomic E-state index is -0.725. The molecule has 0 heterocycles. The Morgan fingerprint density at radius 1 is 1.37 bits per heavy atom. The molecule has 0 aliphatic heterocycles. The molecule has 146 valence electrons. The van der Waals surface area contributed by atoms with Crippen LogP contribution in [0.15, 0.2) is 72.4 Å². The van der Waals surface area contributed by atoms with Crippen LogP contribution in [-0.4, -0.2) is 19.2 Å². The van der Waals surface area contributed by atoms with E-state index in [1.165, 1.54) is 18.4 Å². The number of aryl methyl sites for hydroxylation is 1. The summed E-state index contributed by atoms with van der Waals surface area (Å²) in [6.45, 7) is 9.09. The third-order valence-corrected chi connectivity index (χ3v) is 3.43. The van der Waals surface area contributed by atoms with Crippen molar-refractivity contribution in [1.82, 2.24) is 16.3 Å². The molecule has 0 bridgehead atoms. The van der Waals surface area contributed by atoms with Gasteiger partial charge in [-0.3, -0.25) is 4.79 Å². The zero-order valence-corrected chi connectivity index (χ0v) is 15.8. The van der Waals surface area contributed by atoms with Crippen LogP contribution >= 0.6 is 11.6 Å². The molecule has 0 aromatic heterocycles. The first-order valence-corrected chi connectivity index (χ1v) is 8.42. The average molecular weight is 396 g/mol. The van der Waals surface area contributed by atoms with E-state index in [2.05, 4.69) is 29.5 Å². The van der Waals surface area contributed by atoms with Crippen molar-refractivity contribution >= 4 is 17.5 Å². The maximum atomic E-state index is 12.5. The number of benzene rings is 1. The molecular weight excluding hydrogens is 373 g/mol. The lowest BCUT2D eigenvalue weighted by Crippen LogP contribution is -2.33. The van der Waals surface area contributed by atoms with Gasteiger partial charge in [-0.15, -0.1) is 5.59 Å². The number of hydrazine groups is 1. The Labute approximate surface area is 163 Å². The molecule has 0 aliphatic carbocycles. The van der Waals surface area contributed by atoms with Crippen molar-refractivity contribution in [3.05, 3.63) is 83.5 Å². The number of allylic oxidation sites excluding steroid dienone is 4. The summed E-state index contributed by atoms with van der Waals surface area (Å²) in [5.74, 6) is -0.863. The molecule has 0 atom stereocenters. The second kappa shape index (κ2) is 12.7. The summed E-state index contributed by atoms with van der Waals surface area (Å²) in [6.07, 6.45) is 4.48. The number of carbonyl (C=O) groups excluding carboxylic acids is 1. The lowest BCUT2D eigenvalue weighted by atomic mass is 10.1. The van der Waals surface area contributed by atoms with Crippen LogP contribution < -0.4 is 16.3 Å². The fourth-order valence-electron chi connectivity index (χ4n) is 1.76. The summed E-state index contributed by atoms with van der Waals surface area (Å²) in [5.41, 5.74) is 7.42. The summed E-state index contributed by atoms with van der Waals surface area (Å²) < 4.78 is 17.5. The predicted molar refractivity (Wildman–Crippen MR) is 104 cm³/mol. The molecule has 0 unspecified atom stereocenters. The zero-order chi connectivity index (χ0) is 20.1. The highest BCUT2D eigenvalue weighted by molar-refractivity contribution is 6.31. The number of ether oxygens (including phenoxy) is 1. The molecule has 0 aliphatic rings. The second-order valence-corrected chi connectivity index (χ2v) is 5.79. The standard InChI is InChI=1S/C19H23ClFN3O3/c1-14-6-4-7-17(12-14)19(25)22-10-9-15(2)23-24-27-13-26-11-5-8-18(20)16(3)21/h4-8,11-12,23-24H,2-3,9-10,13H2,1H3,(H,22,25)/b11-5+,18-8+. The predicted octanol–water partition coefficient (Wildman–Crippen LogP) is 3.75. The van der Waals surface area contributed by atoms with Gasteiger partial charge in [0, 0.05) is 24.2 Å². The number of amides is 1. The largest absolute Gasteiger partial charge is 0.473 e. The van der Waals surface area contributed by atoms with E-state index in [0.29, 0.717) is 24.2 Å². The summed E-state index contributed by atoms with van der Waals surface area (Å²) in [4.78, 5) is 16.9. The molecular formula is C19H23ClFN3O3. The lowest BCUT2D eigenvalue weighted by molar-refractivity contribution is -0.0811. The van der Waals surface area contributed by atoms with Crippen LogP contribution in [0, 0.1) is 6.92 Å². The first kappa shape index (κ1) is 22.4. The first-order valence-electron chi connectivity index (χ1n) is 8.04. The van der Waals surface area contributed by atoms with Crippen LogP contribution in [0.2, 0.25) is 0 Å². The van der Waals surface area contributed by atoms with Crippen molar-refractivity contribution in [3.63, 3.8) is 0 Å². The van der Waals surface area contributed by atoms with Gasteiger partial charge in [0.25, 0.3) is 5.91 Å². The smallest absolute Gasteiger partial charge is 0.251 e. The van der Waals surface area contributed by atoms with Gasteiger partial charge in [0.15, 0.2) is 0 Å². The molecule has 6 nitrogen and oxygen atoms in total. The number of nitrogens with one attached hydrogen (secondary N) is 3. The molecule has 1 amide bonds. The van der Waals surface area contributed by atoms with E-state index in [9.17, 15) is 9.18 Å². The third kappa shape index (κ3) is 10.2. The maximum Gasteiger partial charge on any atom is 0.251 e. The first-order chi connectivity index (χ1) is 12.9. The van der Waals surface area contributed by atoms with E-state index in [4.69, 9.17) is 21.2 Å². The van der Waals surface area contributed by atoms with E-state index in [-0.39, 0.29) is 17.7 Å². The molecule has 3 N–H and O–H groups in total. The van der Waals surface area contributed by atoms with Gasteiger partial charge in [0.2, 0.25) is 6.79 Å². The van der Waals surface area contributed by atoms with Crippen LogP contribution in [0.3, 0.4) is 0 Å². The number of hydrogen-bond donors (Lipinski definition) is 3. The summed E-state index contributed by atoms with van der Waals surface area (Å²) in [7, 11) is 0. The number of carbonyl (C=O) groups is 1. The Morgan fingerprint density at radius 2 is 2.15 bits per heavy atom. The zero-order valence-electron chi connectivity index (χ0n) is 15.1. The normalized spacial score (nSPS) is 11.3. The summed E-state index contributed by atoms with van der Waals surface area (Å²) >= 11 is 5.51. The van der Waals surface area contributed by atoms with Gasteiger partial charge in [-0.1, -0.05) is 42.5 Å². The van der Waals surface area contributed by atoms with Gasteiger partial charge in [0.1, 0.15) is 5.83 Å². The van der Waals surface area contributed by atoms with Crippen LogP contribution in [-0.2, 0) is 9.57 Å². The molecule has 1 rings (SSSR count). The number of hydrogen-bond acceptors (Lipinski definition) is 5. The topological polar surface area (TPSA) is 71.6 Å². The molecule has 0 fully saturated rings. The molecule has 1 aromatic rings. The second-order valence-electron chi connectivity index (χ2n) is 5.38. The van der Waals surface area contributed by atoms with Gasteiger partial charge in [-0.2, -0.15) is 0 Å². The van der Waals surface area contributed by atoms with Crippen LogP contribution in [0.4, 0.5) is 4.39 Å². The Morgan fingerprint density at radius 3 is 2.85 bits per heavy atom. The van der Waals surface area contributed by atoms with Crippen LogP contribution in [0.25, 0.3) is 0 Å². The Bertz CT molecular complexity index is 720. The summed E-state index contributed by atoms with van der Waals surface area (Å²) in [5, 5.41) is 2.70. The molecule has 0 radical (unpaired) electrons. The van der Waals surface area contributed by atoms with Crippen molar-refractivity contribution in [2.75, 3.05) is 13.3 Å². The minimum absolute atomic E-state index is 0.108. The van der Waals surface area contributed by atoms with Crippen molar-refractivity contribution < 1.29 is 18.8 Å². The monoisotopic (exact) mass is 395 g/mol. The van der Waals surface area contributed by atoms with Crippen molar-refractivity contribution in [2.24, 2.45) is 0 Å². The van der Waals surface area contributed by atoms with Gasteiger partial charge in [-0.05, 0) is 31.2 Å². The molecule has 0 saturated carbocycles. The Kier molecular flexibility index (Phi) is 10.5. The molecule has 0 spiro atoms. The molecule has 8 heteroatoms. The van der Waals surface area contributed by atoms with E-state index in [1.54, 1.807) is 6.07 Å². The quantitative estimate of drug-likeness (QED) is 0.165. The van der Waals surface area contributed by atoms with Gasteiger partial charge in [0.05, 0.1) is 11.3 Å². The molecule has 0 saturated heterocycles. The summed E-state index contributed by atoms with van der Waals surface area (Å²) in [6, 6.07) is 7.35. The van der Waals surface area contributed by atoms with E-state index in [1.807, 2.05) is 25.1 Å². The fraction of sp³-hybridized carbons (Fsp3) is 0.211. The van der Waals surface area contributed by atoms with Gasteiger partial charge < -0.3 is 15.5 Å². The average Bonchev–Trinajstić information content (AvgIpc) is 2.63. The Balaban J connectivity index is 2.09. The SMILES string of the molecule is C=C(CCNC(=O)c1cccc(C)c1)NNOCO/C=C/C=C(/Cl)C(=C)F. The highest BCUT2D eigenvalue weighted by Crippen LogP contribution is 2.13. The van der Waals surface area contributed by atoms with E-state index < -0.39 is 5.83 Å². The van der Waals surface area contributed by atoms with E-state index in [0.717, 1.165) is 5.56 Å². The van der Waals surface area contributed by atoms with Crippen molar-refractivity contribution in [1.29, 1.82) is 0 Å². The Hall–Kier alpha value is -2.61. The van der Waals surface area contributed by atoms with E-state index >= 15 is 0 Å². The lowest BCUT2D eigenvalue weighted by Gasteiger charge is -2.11. The van der Waals surface area contributed by atoms with Gasteiger partial charge in [-0.25, -0.2) is 9.23 Å². The third-order valence-electron chi connectivity index (χ3n) is 3.10. The van der Waals surface area contributed by atoms with Crippen LogP contribution in [0.1, 0.15) is 22.3 Å². The molecule has 1 aromatic carbocycles. The fourth-order valence-corrected chi connectivity index (χ4v) is 1.83.